The zero-order chi connectivity index (χ0) is 13.9. The molecule has 0 fully saturated rings. The van der Waals surface area contributed by atoms with E-state index in [9.17, 15) is 0 Å². The molecule has 0 bridgehead atoms. The van der Waals surface area contributed by atoms with E-state index < -0.39 is 0 Å². The van der Waals surface area contributed by atoms with Crippen molar-refractivity contribution in [1.29, 1.82) is 0 Å². The highest BCUT2D eigenvalue weighted by atomic mass is 15.0. The number of hydrogen-bond acceptors (Lipinski definition) is 2. The van der Waals surface area contributed by atoms with E-state index in [1.54, 1.807) is 0 Å². The molecule has 0 amide bonds. The molecular weight excluding hydrogens is 246 g/mol. The highest BCUT2D eigenvalue weighted by Gasteiger charge is 2.04. The Hall–Kier alpha value is -2.29. The van der Waals surface area contributed by atoms with E-state index >= 15 is 0 Å². The van der Waals surface area contributed by atoms with Gasteiger partial charge in [0.25, 0.3) is 0 Å². The van der Waals surface area contributed by atoms with Crippen molar-refractivity contribution in [3.63, 3.8) is 0 Å². The first-order chi connectivity index (χ1) is 9.80. The molecular formula is C17H19N3. The molecule has 2 aromatic heterocycles. The highest BCUT2D eigenvalue weighted by molar-refractivity contribution is 5.64. The van der Waals surface area contributed by atoms with E-state index in [1.807, 2.05) is 6.07 Å². The van der Waals surface area contributed by atoms with Gasteiger partial charge in [-0.1, -0.05) is 31.2 Å². The van der Waals surface area contributed by atoms with Gasteiger partial charge in [0.2, 0.25) is 0 Å². The molecule has 3 rings (SSSR count). The third kappa shape index (κ3) is 2.39. The molecule has 0 aliphatic heterocycles. The number of nitrogens with one attached hydrogen (secondary N) is 1. The van der Waals surface area contributed by atoms with Crippen LogP contribution in [0.1, 0.15) is 19.4 Å². The van der Waals surface area contributed by atoms with E-state index in [0.29, 0.717) is 0 Å². The second-order valence-electron chi connectivity index (χ2n) is 4.89. The number of pyridine rings is 1. The second-order valence-corrected chi connectivity index (χ2v) is 4.89. The Morgan fingerprint density at radius 1 is 1.00 bits per heavy atom. The summed E-state index contributed by atoms with van der Waals surface area (Å²) >= 11 is 0. The summed E-state index contributed by atoms with van der Waals surface area (Å²) in [5.74, 6) is 0. The summed E-state index contributed by atoms with van der Waals surface area (Å²) < 4.78 is 2.07. The smallest absolute Gasteiger partial charge is 0.137 e. The molecule has 0 unspecified atom stereocenters. The molecule has 3 nitrogen and oxygen atoms in total. The van der Waals surface area contributed by atoms with Crippen LogP contribution in [0, 0.1) is 0 Å². The van der Waals surface area contributed by atoms with Gasteiger partial charge in [-0.15, -0.1) is 0 Å². The lowest BCUT2D eigenvalue weighted by atomic mass is 10.1. The van der Waals surface area contributed by atoms with Gasteiger partial charge < -0.3 is 9.72 Å². The number of benzene rings is 1. The van der Waals surface area contributed by atoms with Crippen LogP contribution in [-0.4, -0.2) is 15.9 Å². The number of anilines is 1. The third-order valence-corrected chi connectivity index (χ3v) is 3.49. The van der Waals surface area contributed by atoms with Crippen LogP contribution in [0.3, 0.4) is 0 Å². The van der Waals surface area contributed by atoms with Crippen LogP contribution >= 0.6 is 0 Å². The Kier molecular flexibility index (Phi) is 3.42. The molecule has 2 heterocycles. The van der Waals surface area contributed by atoms with Gasteiger partial charge in [0, 0.05) is 24.5 Å². The van der Waals surface area contributed by atoms with Crippen LogP contribution in [0.5, 0.6) is 0 Å². The van der Waals surface area contributed by atoms with Crippen molar-refractivity contribution >= 4 is 11.3 Å². The summed E-state index contributed by atoms with van der Waals surface area (Å²) in [7, 11) is 0. The lowest BCUT2D eigenvalue weighted by molar-refractivity contribution is 1.14. The molecule has 0 atom stereocenters. The molecule has 0 radical (unpaired) electrons. The van der Waals surface area contributed by atoms with Crippen molar-refractivity contribution in [2.45, 2.75) is 20.3 Å². The van der Waals surface area contributed by atoms with Gasteiger partial charge in [-0.05, 0) is 31.0 Å². The maximum atomic E-state index is 4.67. The highest BCUT2D eigenvalue weighted by Crippen LogP contribution is 2.21. The minimum atomic E-state index is 0.922. The summed E-state index contributed by atoms with van der Waals surface area (Å²) in [6.45, 7) is 5.19. The Morgan fingerprint density at radius 2 is 1.80 bits per heavy atom. The minimum Gasteiger partial charge on any atom is -0.384 e. The van der Waals surface area contributed by atoms with Gasteiger partial charge in [-0.3, -0.25) is 0 Å². The summed E-state index contributed by atoms with van der Waals surface area (Å²) in [4.78, 5) is 4.67. The van der Waals surface area contributed by atoms with E-state index in [1.165, 1.54) is 5.56 Å². The van der Waals surface area contributed by atoms with E-state index in [0.717, 1.165) is 35.6 Å². The van der Waals surface area contributed by atoms with Crippen molar-refractivity contribution in [1.82, 2.24) is 9.38 Å². The fourth-order valence-corrected chi connectivity index (χ4v) is 2.35. The molecule has 0 aliphatic rings. The maximum Gasteiger partial charge on any atom is 0.137 e. The average molecular weight is 265 g/mol. The third-order valence-electron chi connectivity index (χ3n) is 3.49. The fourth-order valence-electron chi connectivity index (χ4n) is 2.35. The van der Waals surface area contributed by atoms with E-state index in [-0.39, 0.29) is 0 Å². The second kappa shape index (κ2) is 5.37. The SMILES string of the molecule is CCNc1ccc2nc(-c3ccc(CC)cc3)cn2c1. The van der Waals surface area contributed by atoms with Gasteiger partial charge in [0.15, 0.2) is 0 Å². The van der Waals surface area contributed by atoms with Crippen molar-refractivity contribution in [2.75, 3.05) is 11.9 Å². The molecule has 3 aromatic rings. The van der Waals surface area contributed by atoms with Gasteiger partial charge in [-0.2, -0.15) is 0 Å². The topological polar surface area (TPSA) is 29.3 Å². The first kappa shape index (κ1) is 12.7. The van der Waals surface area contributed by atoms with E-state index in [4.69, 9.17) is 0 Å². The Balaban J connectivity index is 1.98. The quantitative estimate of drug-likeness (QED) is 0.772. The molecule has 1 aromatic carbocycles. The van der Waals surface area contributed by atoms with Crippen molar-refractivity contribution in [2.24, 2.45) is 0 Å². The first-order valence-corrected chi connectivity index (χ1v) is 7.12. The average Bonchev–Trinajstić information content (AvgIpc) is 2.91. The number of fused-ring (bicyclic) bond motifs is 1. The predicted octanol–water partition coefficient (Wildman–Crippen LogP) is 4.00. The zero-order valence-corrected chi connectivity index (χ0v) is 11.9. The molecule has 0 saturated carbocycles. The van der Waals surface area contributed by atoms with Crippen LogP contribution < -0.4 is 5.32 Å². The number of nitrogens with zero attached hydrogens (tertiary/aromatic N) is 2. The molecule has 3 heteroatoms. The van der Waals surface area contributed by atoms with Crippen LogP contribution in [0.2, 0.25) is 0 Å². The van der Waals surface area contributed by atoms with Crippen LogP contribution in [0.25, 0.3) is 16.9 Å². The molecule has 102 valence electrons. The lowest BCUT2D eigenvalue weighted by Crippen LogP contribution is -1.97. The fraction of sp³-hybridized carbons (Fsp3) is 0.235. The summed E-state index contributed by atoms with van der Waals surface area (Å²) in [6, 6.07) is 12.7. The van der Waals surface area contributed by atoms with E-state index in [2.05, 4.69) is 71.3 Å². The van der Waals surface area contributed by atoms with Crippen molar-refractivity contribution in [3.8, 4) is 11.3 Å². The number of aromatic nitrogens is 2. The number of aryl methyl sites for hydroxylation is 1. The maximum absolute atomic E-state index is 4.67. The zero-order valence-electron chi connectivity index (χ0n) is 11.9. The van der Waals surface area contributed by atoms with Crippen LogP contribution in [-0.2, 0) is 6.42 Å². The van der Waals surface area contributed by atoms with Gasteiger partial charge in [0.1, 0.15) is 5.65 Å². The van der Waals surface area contributed by atoms with Crippen molar-refractivity contribution < 1.29 is 0 Å². The Labute approximate surface area is 119 Å². The van der Waals surface area contributed by atoms with Crippen LogP contribution in [0.15, 0.2) is 48.8 Å². The Morgan fingerprint density at radius 3 is 2.50 bits per heavy atom. The summed E-state index contributed by atoms with van der Waals surface area (Å²) in [6.07, 6.45) is 5.23. The molecule has 0 saturated heterocycles. The van der Waals surface area contributed by atoms with Gasteiger partial charge in [-0.25, -0.2) is 4.98 Å². The number of rotatable bonds is 4. The molecule has 1 N–H and O–H groups in total. The minimum absolute atomic E-state index is 0.922. The first-order valence-electron chi connectivity index (χ1n) is 7.12. The Bertz CT molecular complexity index is 711. The van der Waals surface area contributed by atoms with Gasteiger partial charge >= 0.3 is 0 Å². The molecule has 0 aliphatic carbocycles. The molecule has 0 spiro atoms. The number of hydrogen-bond donors (Lipinski definition) is 1. The van der Waals surface area contributed by atoms with Crippen LogP contribution in [0.4, 0.5) is 5.69 Å². The lowest BCUT2D eigenvalue weighted by Gasteiger charge is -2.02. The van der Waals surface area contributed by atoms with Crippen molar-refractivity contribution in [3.05, 3.63) is 54.4 Å². The summed E-state index contributed by atoms with van der Waals surface area (Å²) in [5.41, 5.74) is 5.62. The monoisotopic (exact) mass is 265 g/mol. The standard InChI is InChI=1S/C17H19N3/c1-3-13-5-7-14(8-6-13)16-12-20-11-15(18-4-2)9-10-17(20)19-16/h5-12,18H,3-4H2,1-2H3. The summed E-state index contributed by atoms with van der Waals surface area (Å²) in [5, 5.41) is 3.32. The van der Waals surface area contributed by atoms with Gasteiger partial charge in [0.05, 0.1) is 11.4 Å². The normalized spacial score (nSPS) is 10.9. The predicted molar refractivity (Wildman–Crippen MR) is 84.2 cm³/mol. The number of imidazole rings is 1. The largest absolute Gasteiger partial charge is 0.384 e. The molecule has 20 heavy (non-hydrogen) atoms.